The first kappa shape index (κ1) is 15.5. The lowest BCUT2D eigenvalue weighted by atomic mass is 10.2. The third-order valence-electron chi connectivity index (χ3n) is 2.86. The van der Waals surface area contributed by atoms with Crippen LogP contribution in [-0.4, -0.2) is 33.4 Å². The van der Waals surface area contributed by atoms with Crippen LogP contribution in [0.25, 0.3) is 5.69 Å². The maximum Gasteiger partial charge on any atom is 0.256 e. The first-order chi connectivity index (χ1) is 9.90. The van der Waals surface area contributed by atoms with Crippen molar-refractivity contribution in [3.05, 3.63) is 46.5 Å². The first-order valence-electron chi connectivity index (χ1n) is 6.37. The molecule has 0 saturated heterocycles. The Bertz CT molecular complexity index is 653. The maximum atomic E-state index is 12.9. The molecule has 0 saturated carbocycles. The quantitative estimate of drug-likeness (QED) is 0.908. The Labute approximate surface area is 126 Å². The van der Waals surface area contributed by atoms with Crippen LogP contribution >= 0.6 is 11.6 Å². The number of halogens is 2. The maximum absolute atomic E-state index is 12.9. The van der Waals surface area contributed by atoms with Crippen molar-refractivity contribution in [3.8, 4) is 5.69 Å². The van der Waals surface area contributed by atoms with Gasteiger partial charge in [0.15, 0.2) is 0 Å². The molecule has 112 valence electrons. The van der Waals surface area contributed by atoms with E-state index in [4.69, 9.17) is 11.6 Å². The van der Waals surface area contributed by atoms with Gasteiger partial charge in [0, 0.05) is 6.54 Å². The number of nitrogens with one attached hydrogen (secondary N) is 1. The second-order valence-corrected chi connectivity index (χ2v) is 5.06. The summed E-state index contributed by atoms with van der Waals surface area (Å²) in [6, 6.07) is 5.61. The van der Waals surface area contributed by atoms with Gasteiger partial charge in [0.1, 0.15) is 11.0 Å². The molecular formula is C14H15ClFN3O2. The first-order valence-corrected chi connectivity index (χ1v) is 6.75. The molecule has 1 unspecified atom stereocenters. The highest BCUT2D eigenvalue weighted by molar-refractivity contribution is 6.33. The molecule has 5 nitrogen and oxygen atoms in total. The predicted octanol–water partition coefficient (Wildman–Crippen LogP) is 2.08. The fourth-order valence-electron chi connectivity index (χ4n) is 1.84. The summed E-state index contributed by atoms with van der Waals surface area (Å²) in [7, 11) is 0. The van der Waals surface area contributed by atoms with E-state index in [9.17, 15) is 14.3 Å². The van der Waals surface area contributed by atoms with Gasteiger partial charge in [0.25, 0.3) is 5.91 Å². The average Bonchev–Trinajstić information content (AvgIpc) is 2.72. The second-order valence-electron chi connectivity index (χ2n) is 4.70. The Morgan fingerprint density at radius 3 is 2.67 bits per heavy atom. The Balaban J connectivity index is 2.33. The number of aliphatic hydroxyl groups is 1. The molecule has 0 aliphatic heterocycles. The molecule has 0 aliphatic rings. The zero-order chi connectivity index (χ0) is 15.6. The van der Waals surface area contributed by atoms with Crippen molar-refractivity contribution < 1.29 is 14.3 Å². The summed E-state index contributed by atoms with van der Waals surface area (Å²) in [5.74, 6) is -0.777. The number of benzene rings is 1. The van der Waals surface area contributed by atoms with Crippen molar-refractivity contribution in [1.29, 1.82) is 0 Å². The molecule has 0 spiro atoms. The molecule has 1 amide bonds. The molecule has 1 aromatic carbocycles. The van der Waals surface area contributed by atoms with Crippen molar-refractivity contribution in [1.82, 2.24) is 15.1 Å². The lowest BCUT2D eigenvalue weighted by molar-refractivity contribution is 0.0923. The summed E-state index contributed by atoms with van der Waals surface area (Å²) in [5.41, 5.74) is 1.24. The standard InChI is InChI=1S/C14H15ClFN3O2/c1-8(20)7-17-14(21)12-9(2)18-19(13(12)15)11-5-3-10(16)4-6-11/h3-6,8,20H,7H2,1-2H3,(H,17,21). The summed E-state index contributed by atoms with van der Waals surface area (Å²) >= 11 is 6.20. The SMILES string of the molecule is Cc1nn(-c2ccc(F)cc2)c(Cl)c1C(=O)NCC(C)O. The number of amides is 1. The minimum absolute atomic E-state index is 0.121. The van der Waals surface area contributed by atoms with E-state index in [1.54, 1.807) is 13.8 Å². The monoisotopic (exact) mass is 311 g/mol. The normalized spacial score (nSPS) is 12.2. The fraction of sp³-hybridized carbons (Fsp3) is 0.286. The number of aliphatic hydroxyl groups excluding tert-OH is 1. The van der Waals surface area contributed by atoms with Crippen LogP contribution in [0.2, 0.25) is 5.15 Å². The fourth-order valence-corrected chi connectivity index (χ4v) is 2.20. The van der Waals surface area contributed by atoms with E-state index in [2.05, 4.69) is 10.4 Å². The Morgan fingerprint density at radius 2 is 2.10 bits per heavy atom. The van der Waals surface area contributed by atoms with E-state index in [0.29, 0.717) is 11.4 Å². The Kier molecular flexibility index (Phi) is 4.59. The van der Waals surface area contributed by atoms with Gasteiger partial charge in [0.05, 0.1) is 23.0 Å². The van der Waals surface area contributed by atoms with E-state index in [1.807, 2.05) is 0 Å². The largest absolute Gasteiger partial charge is 0.392 e. The van der Waals surface area contributed by atoms with Gasteiger partial charge in [-0.1, -0.05) is 11.6 Å². The molecule has 1 heterocycles. The second kappa shape index (κ2) is 6.24. The van der Waals surface area contributed by atoms with Gasteiger partial charge in [-0.15, -0.1) is 0 Å². The van der Waals surface area contributed by atoms with Gasteiger partial charge in [0.2, 0.25) is 0 Å². The molecule has 2 aromatic rings. The van der Waals surface area contributed by atoms with Crippen LogP contribution in [0.4, 0.5) is 4.39 Å². The average molecular weight is 312 g/mol. The summed E-state index contributed by atoms with van der Waals surface area (Å²) < 4.78 is 14.3. The van der Waals surface area contributed by atoms with Crippen molar-refractivity contribution in [2.75, 3.05) is 6.54 Å². The smallest absolute Gasteiger partial charge is 0.256 e. The topological polar surface area (TPSA) is 67.2 Å². The molecule has 0 aliphatic carbocycles. The van der Waals surface area contributed by atoms with E-state index in [-0.39, 0.29) is 23.1 Å². The lowest BCUT2D eigenvalue weighted by Crippen LogP contribution is -2.30. The van der Waals surface area contributed by atoms with Crippen LogP contribution in [0.1, 0.15) is 23.0 Å². The molecule has 0 radical (unpaired) electrons. The lowest BCUT2D eigenvalue weighted by Gasteiger charge is -2.07. The minimum Gasteiger partial charge on any atom is -0.392 e. The number of hydrogen-bond acceptors (Lipinski definition) is 3. The Hall–Kier alpha value is -1.92. The van der Waals surface area contributed by atoms with Crippen LogP contribution < -0.4 is 5.32 Å². The van der Waals surface area contributed by atoms with E-state index in [1.165, 1.54) is 28.9 Å². The summed E-state index contributed by atoms with van der Waals surface area (Å²) in [4.78, 5) is 12.1. The van der Waals surface area contributed by atoms with Crippen LogP contribution in [-0.2, 0) is 0 Å². The summed E-state index contributed by atoms with van der Waals surface area (Å²) in [6.07, 6.45) is -0.653. The zero-order valence-electron chi connectivity index (χ0n) is 11.6. The number of rotatable bonds is 4. The number of aryl methyl sites for hydroxylation is 1. The number of hydrogen-bond donors (Lipinski definition) is 2. The molecule has 0 bridgehead atoms. The van der Waals surface area contributed by atoms with E-state index < -0.39 is 12.0 Å². The molecule has 1 aromatic heterocycles. The van der Waals surface area contributed by atoms with Crippen molar-refractivity contribution in [2.45, 2.75) is 20.0 Å². The third kappa shape index (κ3) is 3.40. The van der Waals surface area contributed by atoms with E-state index >= 15 is 0 Å². The van der Waals surface area contributed by atoms with Crippen molar-refractivity contribution >= 4 is 17.5 Å². The van der Waals surface area contributed by atoms with Gasteiger partial charge in [-0.3, -0.25) is 4.79 Å². The van der Waals surface area contributed by atoms with Gasteiger partial charge in [-0.2, -0.15) is 5.10 Å². The minimum atomic E-state index is -0.653. The van der Waals surface area contributed by atoms with E-state index in [0.717, 1.165) is 0 Å². The zero-order valence-corrected chi connectivity index (χ0v) is 12.4. The number of carbonyl (C=O) groups excluding carboxylic acids is 1. The highest BCUT2D eigenvalue weighted by Crippen LogP contribution is 2.23. The molecule has 2 N–H and O–H groups in total. The van der Waals surface area contributed by atoms with Gasteiger partial charge in [-0.05, 0) is 38.1 Å². The van der Waals surface area contributed by atoms with Crippen LogP contribution in [0, 0.1) is 12.7 Å². The highest BCUT2D eigenvalue weighted by Gasteiger charge is 2.21. The third-order valence-corrected chi connectivity index (χ3v) is 3.21. The molecule has 1 atom stereocenters. The van der Waals surface area contributed by atoms with Crippen molar-refractivity contribution in [2.24, 2.45) is 0 Å². The van der Waals surface area contributed by atoms with Gasteiger partial charge in [-0.25, -0.2) is 9.07 Å². The number of nitrogens with zero attached hydrogens (tertiary/aromatic N) is 2. The Morgan fingerprint density at radius 1 is 1.48 bits per heavy atom. The molecular weight excluding hydrogens is 297 g/mol. The van der Waals surface area contributed by atoms with Crippen molar-refractivity contribution in [3.63, 3.8) is 0 Å². The van der Waals surface area contributed by atoms with Crippen LogP contribution in [0.15, 0.2) is 24.3 Å². The molecule has 7 heteroatoms. The highest BCUT2D eigenvalue weighted by atomic mass is 35.5. The summed E-state index contributed by atoms with van der Waals surface area (Å²) in [6.45, 7) is 3.34. The number of aromatic nitrogens is 2. The van der Waals surface area contributed by atoms with Gasteiger partial charge < -0.3 is 10.4 Å². The van der Waals surface area contributed by atoms with Gasteiger partial charge >= 0.3 is 0 Å². The van der Waals surface area contributed by atoms with Crippen LogP contribution in [0.5, 0.6) is 0 Å². The number of carbonyl (C=O) groups is 1. The predicted molar refractivity (Wildman–Crippen MR) is 77.3 cm³/mol. The molecule has 0 fully saturated rings. The van der Waals surface area contributed by atoms with Crippen LogP contribution in [0.3, 0.4) is 0 Å². The molecule has 21 heavy (non-hydrogen) atoms. The molecule has 2 rings (SSSR count). The summed E-state index contributed by atoms with van der Waals surface area (Å²) in [5, 5.41) is 16.1.